The Bertz CT molecular complexity index is 909. The third kappa shape index (κ3) is 4.17. The van der Waals surface area contributed by atoms with Gasteiger partial charge in [-0.1, -0.05) is 31.2 Å². The lowest BCUT2D eigenvalue weighted by Gasteiger charge is -2.10. The molecule has 3 rings (SSSR count). The molecule has 0 aliphatic carbocycles. The lowest BCUT2D eigenvalue weighted by molar-refractivity contribution is -0.121. The molecular weight excluding hydrogens is 340 g/mol. The van der Waals surface area contributed by atoms with Gasteiger partial charge < -0.3 is 14.6 Å². The molecule has 1 amide bonds. The number of aryl methyl sites for hydroxylation is 1. The molecule has 0 bridgehead atoms. The molecule has 1 aromatic heterocycles. The number of alkyl halides is 2. The zero-order valence-electron chi connectivity index (χ0n) is 14.3. The van der Waals surface area contributed by atoms with Crippen molar-refractivity contribution in [1.29, 1.82) is 0 Å². The van der Waals surface area contributed by atoms with Crippen LogP contribution in [0.3, 0.4) is 0 Å². The third-order valence-electron chi connectivity index (χ3n) is 3.96. The average Bonchev–Trinajstić information content (AvgIpc) is 2.97. The second-order valence-electron chi connectivity index (χ2n) is 5.76. The van der Waals surface area contributed by atoms with E-state index in [-0.39, 0.29) is 24.7 Å². The molecule has 136 valence electrons. The summed E-state index contributed by atoms with van der Waals surface area (Å²) < 4.78 is 30.8. The van der Waals surface area contributed by atoms with Crippen molar-refractivity contribution >= 4 is 16.9 Å². The van der Waals surface area contributed by atoms with Crippen molar-refractivity contribution in [3.8, 4) is 5.75 Å². The number of amides is 1. The summed E-state index contributed by atoms with van der Waals surface area (Å²) in [5, 5.41) is 2.80. The molecule has 2 aromatic carbocycles. The minimum atomic E-state index is -2.87. The fourth-order valence-corrected chi connectivity index (χ4v) is 2.80. The molecule has 1 heterocycles. The Labute approximate surface area is 149 Å². The number of para-hydroxylation sites is 2. The van der Waals surface area contributed by atoms with Gasteiger partial charge in [0.2, 0.25) is 5.91 Å². The van der Waals surface area contributed by atoms with Crippen LogP contribution in [0.15, 0.2) is 48.5 Å². The summed E-state index contributed by atoms with van der Waals surface area (Å²) in [7, 11) is 0. The highest BCUT2D eigenvalue weighted by Crippen LogP contribution is 2.17. The van der Waals surface area contributed by atoms with Gasteiger partial charge in [-0.25, -0.2) is 4.98 Å². The fourth-order valence-electron chi connectivity index (χ4n) is 2.80. The van der Waals surface area contributed by atoms with Crippen molar-refractivity contribution in [3.05, 3.63) is 59.9 Å². The molecule has 0 fully saturated rings. The zero-order chi connectivity index (χ0) is 18.5. The van der Waals surface area contributed by atoms with Gasteiger partial charge in [-0.15, -0.1) is 0 Å². The van der Waals surface area contributed by atoms with E-state index in [1.165, 1.54) is 12.1 Å². The summed E-state index contributed by atoms with van der Waals surface area (Å²) in [6.07, 6.45) is 0.717. The van der Waals surface area contributed by atoms with Crippen LogP contribution in [-0.4, -0.2) is 22.1 Å². The SMILES string of the molecule is CCc1nc2ccccc2n1CC(=O)NCc1cccc(OC(F)F)c1. The Hall–Kier alpha value is -2.96. The van der Waals surface area contributed by atoms with E-state index in [1.807, 2.05) is 35.8 Å². The predicted molar refractivity (Wildman–Crippen MR) is 94.0 cm³/mol. The first-order chi connectivity index (χ1) is 12.6. The smallest absolute Gasteiger partial charge is 0.387 e. The number of rotatable bonds is 7. The number of ether oxygens (including phenoxy) is 1. The first-order valence-electron chi connectivity index (χ1n) is 8.31. The number of imidazole rings is 1. The molecule has 0 unspecified atom stereocenters. The van der Waals surface area contributed by atoms with Crippen molar-refractivity contribution < 1.29 is 18.3 Å². The van der Waals surface area contributed by atoms with Gasteiger partial charge in [-0.05, 0) is 29.8 Å². The van der Waals surface area contributed by atoms with E-state index in [2.05, 4.69) is 15.0 Å². The Balaban J connectivity index is 1.67. The number of carbonyl (C=O) groups is 1. The number of nitrogens with zero attached hydrogens (tertiary/aromatic N) is 2. The Morgan fingerprint density at radius 1 is 1.23 bits per heavy atom. The summed E-state index contributed by atoms with van der Waals surface area (Å²) in [5.41, 5.74) is 2.45. The van der Waals surface area contributed by atoms with E-state index in [0.717, 1.165) is 23.3 Å². The lowest BCUT2D eigenvalue weighted by Crippen LogP contribution is -2.27. The van der Waals surface area contributed by atoms with E-state index in [1.54, 1.807) is 12.1 Å². The summed E-state index contributed by atoms with van der Waals surface area (Å²) in [4.78, 5) is 16.9. The van der Waals surface area contributed by atoms with E-state index >= 15 is 0 Å². The minimum absolute atomic E-state index is 0.0700. The molecule has 0 spiro atoms. The van der Waals surface area contributed by atoms with Gasteiger partial charge >= 0.3 is 6.61 Å². The standard InChI is InChI=1S/C19H19F2N3O2/c1-2-17-23-15-8-3-4-9-16(15)24(17)12-18(25)22-11-13-6-5-7-14(10-13)26-19(20)21/h3-10,19H,2,11-12H2,1H3,(H,22,25). The number of hydrogen-bond donors (Lipinski definition) is 1. The topological polar surface area (TPSA) is 56.2 Å². The predicted octanol–water partition coefficient (Wildman–Crippen LogP) is 3.52. The van der Waals surface area contributed by atoms with Crippen molar-refractivity contribution in [2.45, 2.75) is 33.0 Å². The van der Waals surface area contributed by atoms with Crippen LogP contribution in [0, 0.1) is 0 Å². The highest BCUT2D eigenvalue weighted by Gasteiger charge is 2.12. The number of halogens is 2. The molecule has 0 atom stereocenters. The van der Waals surface area contributed by atoms with Crippen LogP contribution in [0.25, 0.3) is 11.0 Å². The van der Waals surface area contributed by atoms with Crippen LogP contribution in [-0.2, 0) is 24.3 Å². The molecule has 0 aliphatic rings. The van der Waals surface area contributed by atoms with E-state index in [4.69, 9.17) is 0 Å². The maximum atomic E-state index is 12.3. The maximum absolute atomic E-state index is 12.3. The summed E-state index contributed by atoms with van der Waals surface area (Å²) in [6, 6.07) is 13.9. The van der Waals surface area contributed by atoms with Crippen molar-refractivity contribution in [3.63, 3.8) is 0 Å². The van der Waals surface area contributed by atoms with Gasteiger partial charge in [0.15, 0.2) is 0 Å². The van der Waals surface area contributed by atoms with Crippen LogP contribution >= 0.6 is 0 Å². The van der Waals surface area contributed by atoms with Crippen LogP contribution in [0.4, 0.5) is 8.78 Å². The van der Waals surface area contributed by atoms with Crippen LogP contribution in [0.1, 0.15) is 18.3 Å². The number of fused-ring (bicyclic) bond motifs is 1. The molecular formula is C19H19F2N3O2. The summed E-state index contributed by atoms with van der Waals surface area (Å²) in [5.74, 6) is 0.734. The van der Waals surface area contributed by atoms with Gasteiger partial charge in [-0.3, -0.25) is 4.79 Å². The van der Waals surface area contributed by atoms with E-state index in [9.17, 15) is 13.6 Å². The van der Waals surface area contributed by atoms with Crippen LogP contribution < -0.4 is 10.1 Å². The van der Waals surface area contributed by atoms with E-state index < -0.39 is 6.61 Å². The molecule has 3 aromatic rings. The Morgan fingerprint density at radius 3 is 2.81 bits per heavy atom. The summed E-state index contributed by atoms with van der Waals surface area (Å²) >= 11 is 0. The summed E-state index contributed by atoms with van der Waals surface area (Å²) in [6.45, 7) is -0.504. The molecule has 1 N–H and O–H groups in total. The minimum Gasteiger partial charge on any atom is -0.435 e. The van der Waals surface area contributed by atoms with Crippen LogP contribution in [0.2, 0.25) is 0 Å². The molecule has 0 saturated heterocycles. The van der Waals surface area contributed by atoms with Crippen molar-refractivity contribution in [2.75, 3.05) is 0 Å². The van der Waals surface area contributed by atoms with Gasteiger partial charge in [0, 0.05) is 13.0 Å². The number of hydrogen-bond acceptors (Lipinski definition) is 3. The largest absolute Gasteiger partial charge is 0.435 e. The van der Waals surface area contributed by atoms with Crippen LogP contribution in [0.5, 0.6) is 5.75 Å². The van der Waals surface area contributed by atoms with Gasteiger partial charge in [0.25, 0.3) is 0 Å². The highest BCUT2D eigenvalue weighted by atomic mass is 19.3. The quantitative estimate of drug-likeness (QED) is 0.702. The fraction of sp³-hybridized carbons (Fsp3) is 0.263. The number of nitrogens with one attached hydrogen (secondary N) is 1. The number of carbonyl (C=O) groups excluding carboxylic acids is 1. The maximum Gasteiger partial charge on any atom is 0.387 e. The molecule has 7 heteroatoms. The first kappa shape index (κ1) is 17.8. The zero-order valence-corrected chi connectivity index (χ0v) is 14.3. The molecule has 26 heavy (non-hydrogen) atoms. The number of aromatic nitrogens is 2. The monoisotopic (exact) mass is 359 g/mol. The normalized spacial score (nSPS) is 11.1. The molecule has 0 radical (unpaired) electrons. The molecule has 0 saturated carbocycles. The van der Waals surface area contributed by atoms with Crippen molar-refractivity contribution in [2.24, 2.45) is 0 Å². The highest BCUT2D eigenvalue weighted by molar-refractivity contribution is 5.81. The first-order valence-corrected chi connectivity index (χ1v) is 8.31. The second kappa shape index (κ2) is 7.95. The van der Waals surface area contributed by atoms with Gasteiger partial charge in [-0.2, -0.15) is 8.78 Å². The second-order valence-corrected chi connectivity index (χ2v) is 5.76. The van der Waals surface area contributed by atoms with Crippen molar-refractivity contribution in [1.82, 2.24) is 14.9 Å². The average molecular weight is 359 g/mol. The van der Waals surface area contributed by atoms with Gasteiger partial charge in [0.1, 0.15) is 18.1 Å². The molecule has 0 aliphatic heterocycles. The Kier molecular flexibility index (Phi) is 5.46. The lowest BCUT2D eigenvalue weighted by atomic mass is 10.2. The molecule has 5 nitrogen and oxygen atoms in total. The Morgan fingerprint density at radius 2 is 2.04 bits per heavy atom. The number of benzene rings is 2. The van der Waals surface area contributed by atoms with Gasteiger partial charge in [0.05, 0.1) is 11.0 Å². The third-order valence-corrected chi connectivity index (χ3v) is 3.96. The van der Waals surface area contributed by atoms with E-state index in [0.29, 0.717) is 5.56 Å².